The summed E-state index contributed by atoms with van der Waals surface area (Å²) < 4.78 is 0.552. The van der Waals surface area contributed by atoms with Gasteiger partial charge >= 0.3 is 5.97 Å². The molecule has 0 aliphatic rings. The molecule has 8 heteroatoms. The number of carbonyl (C=O) groups is 2. The van der Waals surface area contributed by atoms with Crippen LogP contribution in [0.4, 0.5) is 0 Å². The summed E-state index contributed by atoms with van der Waals surface area (Å²) in [4.78, 5) is 23.0. The first-order valence-corrected chi connectivity index (χ1v) is 8.81. The molecule has 0 unspecified atom stereocenters. The fourth-order valence-corrected chi connectivity index (χ4v) is 1.96. The van der Waals surface area contributed by atoms with E-state index in [9.17, 15) is 9.59 Å². The number of carboxylic acid groups (broad SMARTS) is 1. The molecule has 152 valence electrons. The van der Waals surface area contributed by atoms with E-state index in [1.54, 1.807) is 7.05 Å². The molecule has 0 fully saturated rings. The predicted octanol–water partition coefficient (Wildman–Crippen LogP) is 0.629. The molecule has 1 aromatic carbocycles. The summed E-state index contributed by atoms with van der Waals surface area (Å²) >= 11 is 0. The van der Waals surface area contributed by atoms with Crippen molar-refractivity contribution in [1.29, 1.82) is 5.41 Å². The first-order chi connectivity index (χ1) is 12.4. The van der Waals surface area contributed by atoms with E-state index in [4.69, 9.17) is 16.2 Å². The molecule has 0 spiro atoms. The van der Waals surface area contributed by atoms with E-state index in [1.165, 1.54) is 0 Å². The molecule has 1 aromatic rings. The average Bonchev–Trinajstić information content (AvgIpc) is 2.60. The fraction of sp³-hybridized carbons (Fsp3) is 0.526. The lowest BCUT2D eigenvalue weighted by atomic mass is 10.0. The van der Waals surface area contributed by atoms with Gasteiger partial charge in [-0.2, -0.15) is 0 Å². The Labute approximate surface area is 161 Å². The molecule has 0 aliphatic carbocycles. The number of rotatable bonds is 6. The normalized spacial score (nSPS) is 13.0. The quantitative estimate of drug-likeness (QED) is 0.281. The monoisotopic (exact) mass is 380 g/mol. The van der Waals surface area contributed by atoms with Crippen molar-refractivity contribution in [3.05, 3.63) is 35.9 Å². The van der Waals surface area contributed by atoms with Gasteiger partial charge < -0.3 is 21.5 Å². The van der Waals surface area contributed by atoms with Gasteiger partial charge in [0.1, 0.15) is 6.04 Å². The Balaban J connectivity index is 0.000000713. The van der Waals surface area contributed by atoms with Crippen molar-refractivity contribution in [3.8, 4) is 0 Å². The molecule has 0 saturated heterocycles. The molecule has 0 radical (unpaired) electrons. The lowest BCUT2D eigenvalue weighted by Crippen LogP contribution is -2.51. The highest BCUT2D eigenvalue weighted by atomic mass is 16.4. The second-order valence-electron chi connectivity index (χ2n) is 7.47. The SMILES string of the molecule is CC(C)[C@H](N)C(=O)N[C@@H](Cc1ccccc1)C(=O)O.CNC(=N)[N+](C)(C)C. The maximum Gasteiger partial charge on any atom is 0.326 e. The van der Waals surface area contributed by atoms with Crippen molar-refractivity contribution in [3.63, 3.8) is 0 Å². The van der Waals surface area contributed by atoms with Gasteiger partial charge in [0.25, 0.3) is 5.96 Å². The first-order valence-electron chi connectivity index (χ1n) is 8.81. The second-order valence-corrected chi connectivity index (χ2v) is 7.47. The highest BCUT2D eigenvalue weighted by Crippen LogP contribution is 2.05. The van der Waals surface area contributed by atoms with Gasteiger partial charge in [-0.1, -0.05) is 44.2 Å². The predicted molar refractivity (Wildman–Crippen MR) is 107 cm³/mol. The molecule has 27 heavy (non-hydrogen) atoms. The lowest BCUT2D eigenvalue weighted by molar-refractivity contribution is -0.780. The largest absolute Gasteiger partial charge is 0.480 e. The third-order valence-electron chi connectivity index (χ3n) is 3.83. The molecule has 0 aliphatic heterocycles. The number of amides is 1. The van der Waals surface area contributed by atoms with Gasteiger partial charge in [0.15, 0.2) is 0 Å². The van der Waals surface area contributed by atoms with E-state index in [2.05, 4.69) is 10.6 Å². The first kappa shape index (κ1) is 24.6. The van der Waals surface area contributed by atoms with Gasteiger partial charge in [-0.05, 0) is 11.5 Å². The van der Waals surface area contributed by atoms with Gasteiger partial charge in [-0.25, -0.2) is 10.2 Å². The number of carbonyl (C=O) groups excluding carboxylic acids is 1. The molecular weight excluding hydrogens is 346 g/mol. The standard InChI is InChI=1S/C14H20N2O3.C5H14N3/c1-9(2)12(15)13(17)16-11(14(18)19)8-10-6-4-3-5-7-10;1-7-5(6)8(2,3)4/h3-7,9,11-12H,8,15H2,1-2H3,(H,16,17)(H,18,19);1-4H3,(H2,6,7)/q;+1/t11-,12-;/m0./s1. The molecular formula is C19H34N5O3+. The van der Waals surface area contributed by atoms with E-state index in [1.807, 2.05) is 65.3 Å². The minimum absolute atomic E-state index is 0.0360. The van der Waals surface area contributed by atoms with Crippen LogP contribution in [-0.2, 0) is 16.0 Å². The van der Waals surface area contributed by atoms with Crippen LogP contribution in [0.15, 0.2) is 30.3 Å². The Bertz CT molecular complexity index is 612. The van der Waals surface area contributed by atoms with Crippen LogP contribution in [0.3, 0.4) is 0 Å². The number of quaternary nitrogens is 1. The minimum Gasteiger partial charge on any atom is -0.480 e. The van der Waals surface area contributed by atoms with Crippen LogP contribution in [-0.4, -0.2) is 67.7 Å². The summed E-state index contributed by atoms with van der Waals surface area (Å²) in [7, 11) is 7.59. The number of nitrogens with one attached hydrogen (secondary N) is 3. The molecule has 1 amide bonds. The van der Waals surface area contributed by atoms with Crippen LogP contribution < -0.4 is 16.4 Å². The number of carboxylic acids is 1. The van der Waals surface area contributed by atoms with Crippen LogP contribution in [0.2, 0.25) is 0 Å². The zero-order valence-corrected chi connectivity index (χ0v) is 17.1. The maximum absolute atomic E-state index is 11.8. The van der Waals surface area contributed by atoms with Crippen LogP contribution in [0.1, 0.15) is 19.4 Å². The second kappa shape index (κ2) is 11.3. The van der Waals surface area contributed by atoms with Gasteiger partial charge in [0, 0.05) is 13.5 Å². The van der Waals surface area contributed by atoms with Crippen molar-refractivity contribution in [2.75, 3.05) is 28.2 Å². The Morgan fingerprint density at radius 3 is 2.04 bits per heavy atom. The van der Waals surface area contributed by atoms with Crippen LogP contribution >= 0.6 is 0 Å². The average molecular weight is 381 g/mol. The van der Waals surface area contributed by atoms with Gasteiger partial charge in [0.05, 0.1) is 27.2 Å². The Hall–Kier alpha value is -2.45. The number of nitrogens with two attached hydrogens (primary N) is 1. The molecule has 2 atom stereocenters. The zero-order chi connectivity index (χ0) is 21.2. The summed E-state index contributed by atoms with van der Waals surface area (Å²) in [6.45, 7) is 3.63. The number of benzene rings is 1. The van der Waals surface area contributed by atoms with Crippen LogP contribution in [0.5, 0.6) is 0 Å². The Morgan fingerprint density at radius 2 is 1.70 bits per heavy atom. The number of guanidine groups is 1. The van der Waals surface area contributed by atoms with E-state index in [0.29, 0.717) is 10.4 Å². The smallest absolute Gasteiger partial charge is 0.326 e. The minimum atomic E-state index is -1.06. The highest BCUT2D eigenvalue weighted by molar-refractivity contribution is 5.87. The maximum atomic E-state index is 11.8. The molecule has 8 nitrogen and oxygen atoms in total. The third-order valence-corrected chi connectivity index (χ3v) is 3.83. The van der Waals surface area contributed by atoms with E-state index in [0.717, 1.165) is 5.56 Å². The number of hydrogen-bond acceptors (Lipinski definition) is 4. The Kier molecular flexibility index (Phi) is 10.3. The summed E-state index contributed by atoms with van der Waals surface area (Å²) in [5, 5.41) is 21.6. The van der Waals surface area contributed by atoms with Crippen molar-refractivity contribution in [1.82, 2.24) is 10.6 Å². The zero-order valence-electron chi connectivity index (χ0n) is 17.1. The summed E-state index contributed by atoms with van der Waals surface area (Å²) in [6, 6.07) is 7.50. The lowest BCUT2D eigenvalue weighted by Gasteiger charge is -2.22. The molecule has 1 rings (SSSR count). The highest BCUT2D eigenvalue weighted by Gasteiger charge is 2.24. The van der Waals surface area contributed by atoms with Gasteiger partial charge in [0.2, 0.25) is 5.91 Å². The Morgan fingerprint density at radius 1 is 1.19 bits per heavy atom. The number of nitrogens with zero attached hydrogens (tertiary/aromatic N) is 1. The summed E-state index contributed by atoms with van der Waals surface area (Å²) in [6.07, 6.45) is 0.243. The fourth-order valence-electron chi connectivity index (χ4n) is 1.96. The van der Waals surface area contributed by atoms with Crippen molar-refractivity contribution in [2.24, 2.45) is 11.7 Å². The molecule has 0 saturated carbocycles. The van der Waals surface area contributed by atoms with Crippen molar-refractivity contribution in [2.45, 2.75) is 32.4 Å². The molecule has 0 heterocycles. The molecule has 0 bridgehead atoms. The van der Waals surface area contributed by atoms with Crippen molar-refractivity contribution < 1.29 is 19.2 Å². The van der Waals surface area contributed by atoms with E-state index in [-0.39, 0.29) is 12.3 Å². The molecule has 0 aromatic heterocycles. The number of hydrogen-bond donors (Lipinski definition) is 5. The van der Waals surface area contributed by atoms with Crippen molar-refractivity contribution >= 4 is 17.8 Å². The third kappa shape index (κ3) is 9.72. The molecule has 6 N–H and O–H groups in total. The number of aliphatic carboxylic acids is 1. The van der Waals surface area contributed by atoms with Gasteiger partial charge in [-0.15, -0.1) is 0 Å². The van der Waals surface area contributed by atoms with E-state index < -0.39 is 24.0 Å². The van der Waals surface area contributed by atoms with E-state index >= 15 is 0 Å². The van der Waals surface area contributed by atoms with Crippen LogP contribution in [0.25, 0.3) is 0 Å². The summed E-state index contributed by atoms with van der Waals surface area (Å²) in [5.74, 6) is -1.01. The van der Waals surface area contributed by atoms with Gasteiger partial charge in [-0.3, -0.25) is 9.28 Å². The topological polar surface area (TPSA) is 128 Å². The van der Waals surface area contributed by atoms with Crippen LogP contribution in [0, 0.1) is 11.3 Å². The summed E-state index contributed by atoms with van der Waals surface area (Å²) in [5.41, 5.74) is 6.55.